The molecule has 1 fully saturated rings. The van der Waals surface area contributed by atoms with Crippen LogP contribution >= 0.6 is 22.7 Å². The van der Waals surface area contributed by atoms with Crippen molar-refractivity contribution in [1.82, 2.24) is 15.2 Å². The summed E-state index contributed by atoms with van der Waals surface area (Å²) < 4.78 is 5.91. The second kappa shape index (κ2) is 7.97. The van der Waals surface area contributed by atoms with Crippen LogP contribution in [0, 0.1) is 0 Å². The summed E-state index contributed by atoms with van der Waals surface area (Å²) in [5, 5.41) is 16.3. The average Bonchev–Trinajstić information content (AvgIpc) is 3.32. The lowest BCUT2D eigenvalue weighted by molar-refractivity contribution is -0.176. The summed E-state index contributed by atoms with van der Waals surface area (Å²) in [6, 6.07) is 3.69. The van der Waals surface area contributed by atoms with Crippen LogP contribution < -0.4 is 10.6 Å². The highest BCUT2D eigenvalue weighted by atomic mass is 32.1. The number of thiophene rings is 1. The zero-order chi connectivity index (χ0) is 21.4. The summed E-state index contributed by atoms with van der Waals surface area (Å²) in [6.07, 6.45) is 0.167. The van der Waals surface area contributed by atoms with Crippen molar-refractivity contribution in [2.24, 2.45) is 0 Å². The fourth-order valence-electron chi connectivity index (χ4n) is 3.24. The molecule has 12 heteroatoms. The summed E-state index contributed by atoms with van der Waals surface area (Å²) in [5.41, 5.74) is 0.483. The molecule has 2 aromatic rings. The minimum atomic E-state index is -1.28. The third kappa shape index (κ3) is 3.72. The molecule has 4 heterocycles. The Kier molecular flexibility index (Phi) is 5.37. The predicted octanol–water partition coefficient (Wildman–Crippen LogP) is 1.40. The Morgan fingerprint density at radius 3 is 2.83 bits per heavy atom. The van der Waals surface area contributed by atoms with Gasteiger partial charge in [-0.25, -0.2) is 4.98 Å². The first-order valence-electron chi connectivity index (χ1n) is 8.82. The zero-order valence-electron chi connectivity index (χ0n) is 15.6. The number of ether oxygens (including phenoxy) is 1. The van der Waals surface area contributed by atoms with Gasteiger partial charge in [0.05, 0.1) is 11.5 Å². The molecule has 3 N–H and O–H groups in total. The molecule has 2 aromatic heterocycles. The number of β-lactam (4-membered cyclic amide) rings is 1. The molecule has 1 saturated heterocycles. The van der Waals surface area contributed by atoms with E-state index in [1.54, 1.807) is 0 Å². The molecule has 0 saturated carbocycles. The minimum absolute atomic E-state index is 0.0840. The molecule has 2 aliphatic rings. The highest BCUT2D eigenvalue weighted by Crippen LogP contribution is 2.45. The number of carbonyl (C=O) groups excluding carboxylic acids is 3. The van der Waals surface area contributed by atoms with Crippen molar-refractivity contribution < 1.29 is 29.0 Å². The molecule has 2 aliphatic heterocycles. The molecule has 10 nitrogen and oxygen atoms in total. The molecule has 4 rings (SSSR count). The van der Waals surface area contributed by atoms with Crippen LogP contribution in [0.25, 0.3) is 5.57 Å². The van der Waals surface area contributed by atoms with Crippen LogP contribution in [0.2, 0.25) is 0 Å². The second-order valence-electron chi connectivity index (χ2n) is 6.56. The van der Waals surface area contributed by atoms with Gasteiger partial charge in [0.25, 0.3) is 0 Å². The number of anilines is 1. The maximum absolute atomic E-state index is 12.9. The van der Waals surface area contributed by atoms with E-state index in [1.807, 2.05) is 17.5 Å². The smallest absolute Gasteiger partial charge is 0.312 e. The van der Waals surface area contributed by atoms with Crippen LogP contribution in [0.4, 0.5) is 5.13 Å². The standard InChI is InChI=1S/C18H16N4O6S2/c1-8(23)20-18-19-6-11(30-18)9-7-28-17-14(10-3-2-4-29-10)16(27)22(17)15(9)21-12(24)5-13(25)26/h2-4,6,14,17H,5,7H2,1H3,(H,21,24)(H,25,26)(H,19,20,23). The number of hydrogen-bond acceptors (Lipinski definition) is 8. The van der Waals surface area contributed by atoms with Crippen LogP contribution in [0.15, 0.2) is 29.5 Å². The van der Waals surface area contributed by atoms with Crippen LogP contribution in [0.3, 0.4) is 0 Å². The van der Waals surface area contributed by atoms with E-state index in [0.717, 1.165) is 16.2 Å². The van der Waals surface area contributed by atoms with Gasteiger partial charge in [-0.2, -0.15) is 0 Å². The molecule has 3 amide bonds. The quantitative estimate of drug-likeness (QED) is 0.449. The third-order valence-electron chi connectivity index (χ3n) is 4.47. The number of carboxylic acids is 1. The number of hydrogen-bond donors (Lipinski definition) is 3. The Hall–Kier alpha value is -3.09. The van der Waals surface area contributed by atoms with Crippen molar-refractivity contribution in [2.75, 3.05) is 11.9 Å². The number of nitrogens with zero attached hydrogens (tertiary/aromatic N) is 2. The van der Waals surface area contributed by atoms with E-state index in [4.69, 9.17) is 9.84 Å². The van der Waals surface area contributed by atoms with E-state index in [2.05, 4.69) is 15.6 Å². The highest BCUT2D eigenvalue weighted by molar-refractivity contribution is 7.16. The molecular formula is C18H16N4O6S2. The van der Waals surface area contributed by atoms with Gasteiger partial charge in [0.1, 0.15) is 18.2 Å². The molecule has 156 valence electrons. The fraction of sp³-hybridized carbons (Fsp3) is 0.278. The topological polar surface area (TPSA) is 138 Å². The molecule has 0 bridgehead atoms. The van der Waals surface area contributed by atoms with Crippen molar-refractivity contribution >= 4 is 57.1 Å². The number of aliphatic carboxylic acids is 1. The van der Waals surface area contributed by atoms with Crippen LogP contribution in [-0.2, 0) is 23.9 Å². The normalized spacial score (nSPS) is 20.4. The lowest BCUT2D eigenvalue weighted by atomic mass is 9.92. The van der Waals surface area contributed by atoms with Crippen molar-refractivity contribution in [2.45, 2.75) is 25.5 Å². The summed E-state index contributed by atoms with van der Waals surface area (Å²) >= 11 is 2.59. The second-order valence-corrected chi connectivity index (χ2v) is 8.57. The molecule has 2 unspecified atom stereocenters. The molecule has 2 atom stereocenters. The van der Waals surface area contributed by atoms with Gasteiger partial charge in [0.15, 0.2) is 11.4 Å². The summed E-state index contributed by atoms with van der Waals surface area (Å²) in [6.45, 7) is 1.44. The Balaban J connectivity index is 1.68. The minimum Gasteiger partial charge on any atom is -0.481 e. The van der Waals surface area contributed by atoms with Crippen molar-refractivity contribution in [3.63, 3.8) is 0 Å². The average molecular weight is 448 g/mol. The van der Waals surface area contributed by atoms with Crippen molar-refractivity contribution in [3.8, 4) is 0 Å². The van der Waals surface area contributed by atoms with E-state index in [0.29, 0.717) is 15.6 Å². The summed E-state index contributed by atoms with van der Waals surface area (Å²) in [7, 11) is 0. The summed E-state index contributed by atoms with van der Waals surface area (Å²) in [5.74, 6) is -2.86. The first-order valence-corrected chi connectivity index (χ1v) is 10.5. The SMILES string of the molecule is CC(=O)Nc1ncc(C2=C(NC(=O)CC(=O)O)N3C(=O)C(c4cccs4)C3OC2)s1. The Bertz CT molecular complexity index is 1060. The van der Waals surface area contributed by atoms with E-state index >= 15 is 0 Å². The molecule has 0 aromatic carbocycles. The van der Waals surface area contributed by atoms with Gasteiger partial charge in [0, 0.05) is 23.6 Å². The number of thiazole rings is 1. The van der Waals surface area contributed by atoms with Gasteiger partial charge in [0.2, 0.25) is 17.7 Å². The predicted molar refractivity (Wildman–Crippen MR) is 107 cm³/mol. The maximum atomic E-state index is 12.9. The number of aromatic nitrogens is 1. The van der Waals surface area contributed by atoms with E-state index in [9.17, 15) is 19.2 Å². The Labute approximate surface area is 178 Å². The molecule has 0 aliphatic carbocycles. The lowest BCUT2D eigenvalue weighted by Gasteiger charge is -2.49. The van der Waals surface area contributed by atoms with E-state index < -0.39 is 30.4 Å². The number of carbonyl (C=O) groups is 4. The molecule has 0 spiro atoms. The first kappa shape index (κ1) is 20.2. The first-order chi connectivity index (χ1) is 14.3. The molecule has 0 radical (unpaired) electrons. The van der Waals surface area contributed by atoms with Crippen LogP contribution in [0.5, 0.6) is 0 Å². The van der Waals surface area contributed by atoms with Gasteiger partial charge >= 0.3 is 5.97 Å². The maximum Gasteiger partial charge on any atom is 0.312 e. The van der Waals surface area contributed by atoms with Gasteiger partial charge in [-0.1, -0.05) is 17.4 Å². The fourth-order valence-corrected chi connectivity index (χ4v) is 4.97. The number of fused-ring (bicyclic) bond motifs is 1. The van der Waals surface area contributed by atoms with Gasteiger partial charge < -0.3 is 20.5 Å². The van der Waals surface area contributed by atoms with Crippen molar-refractivity contribution in [1.29, 1.82) is 0 Å². The number of amides is 3. The zero-order valence-corrected chi connectivity index (χ0v) is 17.2. The molecular weight excluding hydrogens is 432 g/mol. The van der Waals surface area contributed by atoms with Crippen molar-refractivity contribution in [3.05, 3.63) is 39.3 Å². The number of carboxylic acid groups (broad SMARTS) is 1. The number of nitrogens with one attached hydrogen (secondary N) is 2. The number of rotatable bonds is 6. The van der Waals surface area contributed by atoms with Crippen LogP contribution in [0.1, 0.15) is 29.0 Å². The Morgan fingerprint density at radius 2 is 2.17 bits per heavy atom. The van der Waals surface area contributed by atoms with E-state index in [-0.39, 0.29) is 24.2 Å². The highest BCUT2D eigenvalue weighted by Gasteiger charge is 2.54. The Morgan fingerprint density at radius 1 is 1.37 bits per heavy atom. The van der Waals surface area contributed by atoms with Gasteiger partial charge in [-0.3, -0.25) is 24.1 Å². The summed E-state index contributed by atoms with van der Waals surface area (Å²) in [4.78, 5) is 54.1. The van der Waals surface area contributed by atoms with Gasteiger partial charge in [-0.05, 0) is 11.4 Å². The van der Waals surface area contributed by atoms with Crippen LogP contribution in [-0.4, -0.2) is 51.5 Å². The monoisotopic (exact) mass is 448 g/mol. The van der Waals surface area contributed by atoms with Gasteiger partial charge in [-0.15, -0.1) is 11.3 Å². The largest absolute Gasteiger partial charge is 0.481 e. The third-order valence-corrected chi connectivity index (χ3v) is 6.40. The lowest BCUT2D eigenvalue weighted by Crippen LogP contribution is -2.63. The van der Waals surface area contributed by atoms with E-state index in [1.165, 1.54) is 29.4 Å². The molecule has 30 heavy (non-hydrogen) atoms.